The first kappa shape index (κ1) is 64.8. The molecule has 3 saturated heterocycles. The van der Waals surface area contributed by atoms with Crippen molar-refractivity contribution in [3.8, 4) is 0 Å². The molecule has 1 unspecified atom stereocenters. The van der Waals surface area contributed by atoms with Gasteiger partial charge in [0.2, 0.25) is 0 Å². The van der Waals surface area contributed by atoms with Crippen LogP contribution in [0, 0.1) is 56.2 Å². The second kappa shape index (κ2) is 23.8. The zero-order valence-corrected chi connectivity index (χ0v) is 49.4. The average molecular weight is 1170 g/mol. The second-order valence-electron chi connectivity index (χ2n) is 26.8. The molecular weight excluding hydrogens is 1080 g/mol. The van der Waals surface area contributed by atoms with E-state index in [1.54, 1.807) is 26.8 Å². The molecule has 5 aliphatic carbocycles. The number of carbonyl (C=O) groups excluding carboxylic acids is 3. The summed E-state index contributed by atoms with van der Waals surface area (Å²) in [6.07, 6.45) is -20.9. The summed E-state index contributed by atoms with van der Waals surface area (Å²) >= 11 is 0. The summed E-state index contributed by atoms with van der Waals surface area (Å²) in [4.78, 5) is 53.9. The molecule has 4 saturated carbocycles. The maximum Gasteiger partial charge on any atom is 0.335 e. The number of rotatable bonds is 15. The predicted octanol–water partition coefficient (Wildman–Crippen LogP) is 1.94. The average Bonchev–Trinajstić information content (AvgIpc) is 1.16. The van der Waals surface area contributed by atoms with Gasteiger partial charge in [-0.05, 0) is 106 Å². The van der Waals surface area contributed by atoms with Crippen LogP contribution in [-0.4, -0.2) is 205 Å². The summed E-state index contributed by atoms with van der Waals surface area (Å²) in [6, 6.07) is 0. The topological polar surface area (TPSA) is 354 Å². The maximum absolute atomic E-state index is 14.1. The van der Waals surface area contributed by atoms with Crippen molar-refractivity contribution in [1.29, 1.82) is 0 Å². The van der Waals surface area contributed by atoms with Gasteiger partial charge < -0.3 is 93.7 Å². The number of esters is 3. The Labute approximate surface area is 479 Å². The second-order valence-corrected chi connectivity index (χ2v) is 26.8. The van der Waals surface area contributed by atoms with Gasteiger partial charge in [0.05, 0.1) is 43.4 Å². The molecule has 3 heterocycles. The molecule has 0 spiro atoms. The summed E-state index contributed by atoms with van der Waals surface area (Å²) in [5.74, 6) is -4.71. The fraction of sp³-hybridized carbons (Fsp3) is 0.864. The Morgan fingerprint density at radius 3 is 1.99 bits per heavy atom. The number of carboxylic acids is 1. The first-order valence-electron chi connectivity index (χ1n) is 29.3. The highest BCUT2D eigenvalue weighted by atomic mass is 16.8. The summed E-state index contributed by atoms with van der Waals surface area (Å²) < 4.78 is 54.5. The van der Waals surface area contributed by atoms with E-state index < -0.39 is 198 Å². The van der Waals surface area contributed by atoms with Gasteiger partial charge in [-0.2, -0.15) is 0 Å². The van der Waals surface area contributed by atoms with E-state index in [1.165, 1.54) is 13.8 Å². The van der Waals surface area contributed by atoms with E-state index in [4.69, 9.17) is 42.6 Å². The molecule has 3 aliphatic heterocycles. The number of carboxylic acid groups (broad SMARTS) is 1. The molecule has 8 rings (SSSR count). The highest BCUT2D eigenvalue weighted by Crippen LogP contribution is 2.76. The van der Waals surface area contributed by atoms with E-state index in [9.17, 15) is 70.2 Å². The van der Waals surface area contributed by atoms with Crippen molar-refractivity contribution < 1.29 is 113 Å². The third kappa shape index (κ3) is 10.6. The van der Waals surface area contributed by atoms with Crippen molar-refractivity contribution in [2.75, 3.05) is 19.8 Å². The quantitative estimate of drug-likeness (QED) is 0.0368. The van der Waals surface area contributed by atoms with E-state index in [0.29, 0.717) is 50.5 Å². The van der Waals surface area contributed by atoms with Gasteiger partial charge in [-0.15, -0.1) is 0 Å². The molecule has 23 nitrogen and oxygen atoms in total. The van der Waals surface area contributed by atoms with E-state index in [1.807, 2.05) is 27.7 Å². The van der Waals surface area contributed by atoms with Crippen LogP contribution in [0.25, 0.3) is 0 Å². The number of hydrogen-bond donors (Lipinski definition) is 10. The number of hydrogen-bond acceptors (Lipinski definition) is 22. The standard InChI is InChI=1S/C59H92O23/c1-13-26(3)49(72)81-46-47(82-50(73)27(4)14-2)59(25-61)31(21-54(46,7)8)30-15-16-34-55(9)19-18-35(56(10,24-60)33(55)17-20-57(34,11)58(30,12)22-36(59)76-29(6)62)77-53-42(69)44(40(67)45(80-53)48(70)71)79-51-41(68)43(32(63)23-74-51)78-52-39(66)38(65)37(64)28(5)75-52/h13,15,27-28,31-47,51-53,60-61,63-69H,14,16-25H2,1-12H3,(H,70,71)/b26-13-/t27?,28-,31-,32-,33+,34+,35-,36+,37-,38+,39+,40-,41+,42+,43-,44-,45-,46-,47-,51-,52-,53+,55-,56-,57+,58+,59-/m0/s1. The number of aliphatic hydroxyl groups excluding tert-OH is 9. The first-order valence-corrected chi connectivity index (χ1v) is 29.3. The Kier molecular flexibility index (Phi) is 18.8. The van der Waals surface area contributed by atoms with Gasteiger partial charge in [-0.25, -0.2) is 9.59 Å². The third-order valence-electron chi connectivity index (χ3n) is 21.9. The van der Waals surface area contributed by atoms with Crippen LogP contribution in [0.5, 0.6) is 0 Å². The van der Waals surface area contributed by atoms with Crippen LogP contribution in [0.1, 0.15) is 134 Å². The van der Waals surface area contributed by atoms with E-state index in [2.05, 4.69) is 26.8 Å². The normalized spacial score (nSPS) is 48.6. The summed E-state index contributed by atoms with van der Waals surface area (Å²) in [5, 5.41) is 111. The van der Waals surface area contributed by atoms with Crippen molar-refractivity contribution in [3.63, 3.8) is 0 Å². The van der Waals surface area contributed by atoms with Gasteiger partial charge in [0.1, 0.15) is 67.1 Å². The zero-order chi connectivity index (χ0) is 60.7. The van der Waals surface area contributed by atoms with Crippen molar-refractivity contribution in [3.05, 3.63) is 23.3 Å². The highest BCUT2D eigenvalue weighted by molar-refractivity contribution is 5.88. The molecule has 7 fully saturated rings. The van der Waals surface area contributed by atoms with Crippen molar-refractivity contribution in [1.82, 2.24) is 0 Å². The van der Waals surface area contributed by atoms with Crippen LogP contribution < -0.4 is 0 Å². The molecule has 23 heteroatoms. The van der Waals surface area contributed by atoms with Crippen LogP contribution in [0.2, 0.25) is 0 Å². The van der Waals surface area contributed by atoms with Crippen molar-refractivity contribution in [2.24, 2.45) is 56.2 Å². The summed E-state index contributed by atoms with van der Waals surface area (Å²) in [5.41, 5.74) is -3.64. The summed E-state index contributed by atoms with van der Waals surface area (Å²) in [7, 11) is 0. The van der Waals surface area contributed by atoms with Crippen LogP contribution in [-0.2, 0) is 61.8 Å². The first-order chi connectivity index (χ1) is 38.3. The molecule has 10 N–H and O–H groups in total. The number of fused-ring (bicyclic) bond motifs is 7. The molecule has 82 heavy (non-hydrogen) atoms. The molecule has 27 atom stereocenters. The lowest BCUT2D eigenvalue weighted by molar-refractivity contribution is -0.372. The Hall–Kier alpha value is -3.24. The Morgan fingerprint density at radius 2 is 1.38 bits per heavy atom. The summed E-state index contributed by atoms with van der Waals surface area (Å²) in [6.45, 7) is 20.7. The predicted molar refractivity (Wildman–Crippen MR) is 285 cm³/mol. The van der Waals surface area contributed by atoms with Crippen molar-refractivity contribution in [2.45, 2.75) is 245 Å². The minimum Gasteiger partial charge on any atom is -0.479 e. The van der Waals surface area contributed by atoms with Crippen LogP contribution in [0.3, 0.4) is 0 Å². The molecule has 0 radical (unpaired) electrons. The molecule has 0 aromatic heterocycles. The Morgan fingerprint density at radius 1 is 0.732 bits per heavy atom. The molecule has 0 amide bonds. The smallest absolute Gasteiger partial charge is 0.335 e. The maximum atomic E-state index is 14.1. The molecule has 8 aliphatic rings. The fourth-order valence-electron chi connectivity index (χ4n) is 16.5. The van der Waals surface area contributed by atoms with Crippen LogP contribution in [0.4, 0.5) is 0 Å². The molecule has 0 aromatic rings. The zero-order valence-electron chi connectivity index (χ0n) is 49.4. The SMILES string of the molecule is C/C=C(/C)C(=O)O[C@H]1[C@H](OC(=O)C(C)CC)[C@]2(CO)[C@H](OC(C)=O)C[C@]3(C)C(=CC[C@@H]4[C@@]5(C)CC[C@H](O[C@@H]6O[C@H](C(=O)O)[C@@H](O)[C@H](O[C@@H]7OC[C@H](O)[C@H](O[C@@H]8O[C@@H](C)[C@H](O)[C@@H](O)[C@H]8O)[C@H]7O)[C@H]6O)[C@@](C)(CO)[C@@H]5CC[C@]43C)[C@@H]2CC1(C)C. The minimum absolute atomic E-state index is 0.0610. The molecule has 0 bridgehead atoms. The van der Waals surface area contributed by atoms with E-state index >= 15 is 0 Å². The van der Waals surface area contributed by atoms with Crippen LogP contribution >= 0.6 is 0 Å². The lowest BCUT2D eigenvalue weighted by Gasteiger charge is -2.72. The molecule has 466 valence electrons. The number of aliphatic hydroxyl groups is 9. The van der Waals surface area contributed by atoms with Gasteiger partial charge in [0.25, 0.3) is 0 Å². The largest absolute Gasteiger partial charge is 0.479 e. The Bertz CT molecular complexity index is 2420. The monoisotopic (exact) mass is 1170 g/mol. The lowest BCUT2D eigenvalue weighted by atomic mass is 9.33. The minimum atomic E-state index is -2.07. The Balaban J connectivity index is 1.08. The number of carbonyl (C=O) groups is 4. The highest BCUT2D eigenvalue weighted by Gasteiger charge is 2.75. The van der Waals surface area contributed by atoms with Gasteiger partial charge in [0, 0.05) is 23.3 Å². The number of aliphatic carboxylic acids is 1. The number of ether oxygens (including phenoxy) is 9. The van der Waals surface area contributed by atoms with E-state index in [0.717, 1.165) is 5.57 Å². The fourth-order valence-corrected chi connectivity index (χ4v) is 16.5. The lowest BCUT2D eigenvalue weighted by Crippen LogP contribution is -2.73. The van der Waals surface area contributed by atoms with E-state index in [-0.39, 0.29) is 18.3 Å². The van der Waals surface area contributed by atoms with Gasteiger partial charge in [0.15, 0.2) is 31.1 Å². The van der Waals surface area contributed by atoms with Gasteiger partial charge in [-0.1, -0.05) is 73.1 Å². The number of allylic oxidation sites excluding steroid dienone is 3. The third-order valence-corrected chi connectivity index (χ3v) is 21.9. The van der Waals surface area contributed by atoms with Crippen LogP contribution in [0.15, 0.2) is 23.3 Å². The van der Waals surface area contributed by atoms with Crippen molar-refractivity contribution >= 4 is 23.9 Å². The molecular formula is C59H92O23. The molecule has 0 aromatic carbocycles. The van der Waals surface area contributed by atoms with Gasteiger partial charge >= 0.3 is 23.9 Å². The van der Waals surface area contributed by atoms with Gasteiger partial charge in [-0.3, -0.25) is 9.59 Å².